The van der Waals surface area contributed by atoms with E-state index in [2.05, 4.69) is 58.8 Å². The number of ether oxygens (including phenoxy) is 1. The third kappa shape index (κ3) is 5.89. The van der Waals surface area contributed by atoms with Gasteiger partial charge in [0.2, 0.25) is 0 Å². The molecule has 0 saturated heterocycles. The molecule has 1 amide bonds. The van der Waals surface area contributed by atoms with E-state index >= 15 is 0 Å². The van der Waals surface area contributed by atoms with Crippen molar-refractivity contribution in [2.24, 2.45) is 56.2 Å². The molecule has 4 saturated carbocycles. The molecule has 2 N–H and O–H groups in total. The van der Waals surface area contributed by atoms with E-state index in [1.807, 2.05) is 12.1 Å². The molecule has 1 unspecified atom stereocenters. The number of rotatable bonds is 9. The number of carboxylic acid groups (broad SMARTS) is 1. The lowest BCUT2D eigenvalue weighted by Crippen LogP contribution is -2.65. The molecule has 5 aliphatic carbocycles. The summed E-state index contributed by atoms with van der Waals surface area (Å²) in [6.45, 7) is 20.2. The number of hydrogen-bond donors (Lipinski definition) is 2. The van der Waals surface area contributed by atoms with Gasteiger partial charge in [-0.25, -0.2) is 0 Å². The largest absolute Gasteiger partial charge is 0.481 e. The van der Waals surface area contributed by atoms with Crippen LogP contribution in [0, 0.1) is 56.2 Å². The molecule has 5 aliphatic rings. The summed E-state index contributed by atoms with van der Waals surface area (Å²) in [5.74, 6) is 0.134. The Morgan fingerprint density at radius 3 is 2.33 bits per heavy atom. The van der Waals surface area contributed by atoms with Crippen LogP contribution in [0.5, 0.6) is 0 Å². The van der Waals surface area contributed by atoms with Crippen LogP contribution in [0.2, 0.25) is 0 Å². The van der Waals surface area contributed by atoms with E-state index in [0.29, 0.717) is 42.2 Å². The van der Waals surface area contributed by atoms with Gasteiger partial charge in [-0.15, -0.1) is 0 Å². The Balaban J connectivity index is 1.25. The number of pyridine rings is 1. The summed E-state index contributed by atoms with van der Waals surface area (Å²) in [4.78, 5) is 55.9. The quantitative estimate of drug-likeness (QED) is 0.247. The standard InChI is InChI=1S/C43H62N2O6/c1-26(2)34-29(46)24-43(21-23-45-36(48)28-12-10-11-22-44-28)20-19-41(8)27(35(34)43)13-14-31-40(7)17-16-32(51-33(47)25-38(3,4)37(49)50)39(5,6)30(40)15-18-42(31,41)9/h10-12,22,26-27,30-32H,13-21,23-25H2,1-9H3,(H,45,48)(H,49,50)/t27-,30+,31?,32+,40+,41-,42-,43-/m1/s1. The number of ketones is 1. The topological polar surface area (TPSA) is 123 Å². The van der Waals surface area contributed by atoms with Crippen LogP contribution in [0.25, 0.3) is 0 Å². The molecule has 8 nitrogen and oxygen atoms in total. The Morgan fingerprint density at radius 2 is 1.69 bits per heavy atom. The number of carboxylic acids is 1. The number of hydrogen-bond acceptors (Lipinski definition) is 6. The molecule has 1 aromatic rings. The van der Waals surface area contributed by atoms with Gasteiger partial charge in [0, 0.05) is 30.0 Å². The maximum absolute atomic E-state index is 14.0. The van der Waals surface area contributed by atoms with Gasteiger partial charge in [0.15, 0.2) is 5.78 Å². The van der Waals surface area contributed by atoms with Gasteiger partial charge in [0.05, 0.1) is 11.8 Å². The summed E-state index contributed by atoms with van der Waals surface area (Å²) in [5, 5.41) is 12.7. The van der Waals surface area contributed by atoms with Crippen molar-refractivity contribution in [1.29, 1.82) is 0 Å². The Morgan fingerprint density at radius 1 is 0.961 bits per heavy atom. The molecule has 0 radical (unpaired) electrons. The number of carbonyl (C=O) groups excluding carboxylic acids is 3. The van der Waals surface area contributed by atoms with Gasteiger partial charge in [-0.05, 0) is 129 Å². The first-order valence-electron chi connectivity index (χ1n) is 19.6. The average molecular weight is 703 g/mol. The highest BCUT2D eigenvalue weighted by Gasteiger charge is 2.70. The number of aliphatic carboxylic acids is 1. The van der Waals surface area contributed by atoms with Crippen molar-refractivity contribution < 1.29 is 29.0 Å². The van der Waals surface area contributed by atoms with Crippen LogP contribution in [0.1, 0.15) is 143 Å². The molecule has 0 bridgehead atoms. The van der Waals surface area contributed by atoms with Crippen molar-refractivity contribution in [2.45, 2.75) is 139 Å². The zero-order valence-electron chi connectivity index (χ0n) is 32.6. The lowest BCUT2D eigenvalue weighted by Gasteiger charge is -2.72. The predicted octanol–water partition coefficient (Wildman–Crippen LogP) is 8.59. The van der Waals surface area contributed by atoms with Gasteiger partial charge in [0.25, 0.3) is 5.91 Å². The van der Waals surface area contributed by atoms with Crippen molar-refractivity contribution in [3.05, 3.63) is 41.2 Å². The minimum atomic E-state index is -1.16. The van der Waals surface area contributed by atoms with Crippen molar-refractivity contribution in [3.8, 4) is 0 Å². The normalized spacial score (nSPS) is 37.2. The van der Waals surface area contributed by atoms with E-state index in [1.165, 1.54) is 5.57 Å². The Bertz CT molecular complexity index is 1610. The monoisotopic (exact) mass is 702 g/mol. The van der Waals surface area contributed by atoms with Crippen molar-refractivity contribution in [2.75, 3.05) is 6.54 Å². The highest BCUT2D eigenvalue weighted by Crippen LogP contribution is 2.77. The second-order valence-corrected chi connectivity index (χ2v) is 19.4. The van der Waals surface area contributed by atoms with E-state index in [4.69, 9.17) is 4.74 Å². The van der Waals surface area contributed by atoms with Gasteiger partial charge in [-0.1, -0.05) is 60.1 Å². The number of aromatic nitrogens is 1. The number of nitrogens with one attached hydrogen (secondary N) is 1. The molecule has 0 spiro atoms. The highest BCUT2D eigenvalue weighted by atomic mass is 16.5. The summed E-state index contributed by atoms with van der Waals surface area (Å²) in [5.41, 5.74) is 1.52. The van der Waals surface area contributed by atoms with Crippen LogP contribution in [0.4, 0.5) is 0 Å². The maximum atomic E-state index is 14.0. The van der Waals surface area contributed by atoms with Crippen LogP contribution in [-0.2, 0) is 19.1 Å². The molecule has 280 valence electrons. The van der Waals surface area contributed by atoms with Gasteiger partial charge in [0.1, 0.15) is 11.8 Å². The van der Waals surface area contributed by atoms with Crippen molar-refractivity contribution in [1.82, 2.24) is 10.3 Å². The molecular formula is C43H62N2O6. The summed E-state index contributed by atoms with van der Waals surface area (Å²) in [6, 6.07) is 5.37. The minimum absolute atomic E-state index is 0.0422. The van der Waals surface area contributed by atoms with E-state index in [-0.39, 0.29) is 51.4 Å². The molecule has 0 aliphatic heterocycles. The predicted molar refractivity (Wildman–Crippen MR) is 197 cm³/mol. The van der Waals surface area contributed by atoms with Crippen molar-refractivity contribution >= 4 is 23.6 Å². The molecule has 1 aromatic heterocycles. The van der Waals surface area contributed by atoms with Crippen LogP contribution < -0.4 is 5.32 Å². The van der Waals surface area contributed by atoms with E-state index in [1.54, 1.807) is 26.1 Å². The smallest absolute Gasteiger partial charge is 0.309 e. The number of esters is 1. The first kappa shape index (κ1) is 37.7. The van der Waals surface area contributed by atoms with Crippen LogP contribution in [-0.4, -0.2) is 46.4 Å². The van der Waals surface area contributed by atoms with Gasteiger partial charge in [-0.3, -0.25) is 24.2 Å². The molecule has 8 atom stereocenters. The van der Waals surface area contributed by atoms with Crippen LogP contribution >= 0.6 is 0 Å². The summed E-state index contributed by atoms with van der Waals surface area (Å²) >= 11 is 0. The fourth-order valence-electron chi connectivity index (χ4n) is 12.9. The number of amides is 1. The SMILES string of the molecule is CC(C)C1=C2[C@H]3CCC4[C@@]5(C)CC[C@H](OC(=O)CC(C)(C)C(=O)O)C(C)(C)[C@@H]5CC[C@@]4(C)[C@]3(C)CC[C@@]2(CCNC(=O)c2ccccn2)CC1=O. The Kier molecular flexibility index (Phi) is 9.49. The Hall–Kier alpha value is -3.03. The number of carbonyl (C=O) groups is 4. The summed E-state index contributed by atoms with van der Waals surface area (Å²) in [6.07, 6.45) is 10.8. The number of fused-ring (bicyclic) bond motifs is 7. The van der Waals surface area contributed by atoms with Gasteiger partial charge >= 0.3 is 11.9 Å². The summed E-state index contributed by atoms with van der Waals surface area (Å²) < 4.78 is 6.16. The first-order valence-corrected chi connectivity index (χ1v) is 19.6. The molecule has 51 heavy (non-hydrogen) atoms. The van der Waals surface area contributed by atoms with Crippen LogP contribution in [0.15, 0.2) is 35.5 Å². The zero-order valence-corrected chi connectivity index (χ0v) is 32.6. The van der Waals surface area contributed by atoms with E-state index < -0.39 is 17.4 Å². The zero-order chi connectivity index (χ0) is 37.4. The highest BCUT2D eigenvalue weighted by molar-refractivity contribution is 6.00. The van der Waals surface area contributed by atoms with E-state index in [9.17, 15) is 24.3 Å². The first-order chi connectivity index (χ1) is 23.7. The Labute approximate surface area is 305 Å². The lowest BCUT2D eigenvalue weighted by atomic mass is 9.33. The number of allylic oxidation sites excluding steroid dienone is 2. The molecule has 0 aromatic carbocycles. The fraction of sp³-hybridized carbons (Fsp3) is 0.744. The third-order valence-electron chi connectivity index (χ3n) is 15.7. The van der Waals surface area contributed by atoms with E-state index in [0.717, 1.165) is 63.4 Å². The number of nitrogens with zero attached hydrogens (tertiary/aromatic N) is 1. The molecule has 8 heteroatoms. The number of Topliss-reactive ketones (excluding diaryl/α,β-unsaturated/α-hetero) is 1. The van der Waals surface area contributed by atoms with Gasteiger partial charge in [-0.2, -0.15) is 0 Å². The van der Waals surface area contributed by atoms with Crippen LogP contribution in [0.3, 0.4) is 0 Å². The molecule has 4 fully saturated rings. The second kappa shape index (κ2) is 12.8. The molecule has 1 heterocycles. The lowest BCUT2D eigenvalue weighted by molar-refractivity contribution is -0.233. The third-order valence-corrected chi connectivity index (χ3v) is 15.7. The van der Waals surface area contributed by atoms with Crippen molar-refractivity contribution in [3.63, 3.8) is 0 Å². The molecular weight excluding hydrogens is 640 g/mol. The average Bonchev–Trinajstić information content (AvgIpc) is 3.35. The minimum Gasteiger partial charge on any atom is -0.481 e. The van der Waals surface area contributed by atoms with Gasteiger partial charge < -0.3 is 15.2 Å². The molecule has 6 rings (SSSR count). The fourth-order valence-corrected chi connectivity index (χ4v) is 12.9. The second-order valence-electron chi connectivity index (χ2n) is 19.4. The maximum Gasteiger partial charge on any atom is 0.309 e. The summed E-state index contributed by atoms with van der Waals surface area (Å²) in [7, 11) is 0.